The van der Waals surface area contributed by atoms with Gasteiger partial charge in [-0.15, -0.1) is 0 Å². The summed E-state index contributed by atoms with van der Waals surface area (Å²) in [4.78, 5) is 13.0. The third-order valence-corrected chi connectivity index (χ3v) is 4.35. The maximum atomic E-state index is 6.36. The summed E-state index contributed by atoms with van der Waals surface area (Å²) in [6.07, 6.45) is 3.18. The number of hydrogen-bond acceptors (Lipinski definition) is 7. The van der Waals surface area contributed by atoms with Gasteiger partial charge in [-0.1, -0.05) is 12.1 Å². The molecule has 5 rings (SSSR count). The molecule has 0 saturated heterocycles. The number of nitrogens with zero attached hydrogens (tertiary/aromatic N) is 4. The molecule has 4 aromatic rings. The van der Waals surface area contributed by atoms with E-state index in [1.165, 1.54) is 6.33 Å². The molecular weight excluding hydrogens is 344 g/mol. The highest BCUT2D eigenvalue weighted by Gasteiger charge is 2.15. The van der Waals surface area contributed by atoms with Gasteiger partial charge in [0.1, 0.15) is 31.6 Å². The minimum atomic E-state index is 0.426. The molecule has 0 bridgehead atoms. The van der Waals surface area contributed by atoms with Crippen LogP contribution in [0.15, 0.2) is 55.1 Å². The molecule has 2 aromatic heterocycles. The molecule has 0 amide bonds. The van der Waals surface area contributed by atoms with Crippen LogP contribution in [-0.2, 0) is 0 Å². The van der Waals surface area contributed by atoms with Gasteiger partial charge in [-0.05, 0) is 24.3 Å². The lowest BCUT2D eigenvalue weighted by Crippen LogP contribution is -2.15. The van der Waals surface area contributed by atoms with E-state index in [9.17, 15) is 0 Å². The van der Waals surface area contributed by atoms with Crippen molar-refractivity contribution in [2.24, 2.45) is 0 Å². The van der Waals surface area contributed by atoms with Crippen LogP contribution in [0.25, 0.3) is 16.9 Å². The Balaban J connectivity index is 1.52. The van der Waals surface area contributed by atoms with E-state index < -0.39 is 0 Å². The van der Waals surface area contributed by atoms with Crippen LogP contribution in [0.5, 0.6) is 11.5 Å². The third-order valence-electron chi connectivity index (χ3n) is 4.35. The number of rotatable bonds is 3. The molecule has 8 nitrogen and oxygen atoms in total. The summed E-state index contributed by atoms with van der Waals surface area (Å²) >= 11 is 0. The van der Waals surface area contributed by atoms with E-state index in [-0.39, 0.29) is 0 Å². The van der Waals surface area contributed by atoms with Crippen molar-refractivity contribution >= 4 is 28.2 Å². The maximum Gasteiger partial charge on any atom is 0.167 e. The summed E-state index contributed by atoms with van der Waals surface area (Å²) in [6.45, 7) is 1.09. The van der Waals surface area contributed by atoms with Crippen LogP contribution in [-0.4, -0.2) is 32.7 Å². The Morgan fingerprint density at radius 2 is 1.81 bits per heavy atom. The number of nitrogen functional groups attached to an aromatic ring is 1. The van der Waals surface area contributed by atoms with Gasteiger partial charge >= 0.3 is 0 Å². The molecule has 1 aliphatic rings. The molecule has 134 valence electrons. The van der Waals surface area contributed by atoms with Crippen molar-refractivity contribution in [3.63, 3.8) is 0 Å². The summed E-state index contributed by atoms with van der Waals surface area (Å²) in [5.41, 5.74) is 9.38. The zero-order valence-corrected chi connectivity index (χ0v) is 14.3. The standard InChI is InChI=1S/C19H16N6O2/c20-17-18(24-12-5-6-15-16(9-12)27-8-7-26-15)21-10-22-19(17)25-11-23-13-3-1-2-4-14(13)25/h1-6,9-11H,7-8,20H2,(H,21,22,24). The van der Waals surface area contributed by atoms with Crippen LogP contribution >= 0.6 is 0 Å². The molecule has 27 heavy (non-hydrogen) atoms. The van der Waals surface area contributed by atoms with Crippen LogP contribution in [0.2, 0.25) is 0 Å². The number of imidazole rings is 1. The molecule has 0 atom stereocenters. The molecule has 0 radical (unpaired) electrons. The van der Waals surface area contributed by atoms with Gasteiger partial charge < -0.3 is 20.5 Å². The fourth-order valence-corrected chi connectivity index (χ4v) is 3.06. The van der Waals surface area contributed by atoms with Gasteiger partial charge in [0, 0.05) is 11.8 Å². The van der Waals surface area contributed by atoms with Gasteiger partial charge in [0.15, 0.2) is 23.1 Å². The van der Waals surface area contributed by atoms with Crippen LogP contribution < -0.4 is 20.5 Å². The topological polar surface area (TPSA) is 100 Å². The lowest BCUT2D eigenvalue weighted by molar-refractivity contribution is 0.171. The van der Waals surface area contributed by atoms with E-state index in [4.69, 9.17) is 15.2 Å². The van der Waals surface area contributed by atoms with Gasteiger partial charge in [0.2, 0.25) is 0 Å². The van der Waals surface area contributed by atoms with Crippen LogP contribution in [0, 0.1) is 0 Å². The predicted octanol–water partition coefficient (Wildman–Crippen LogP) is 2.91. The first kappa shape index (κ1) is 15.4. The highest BCUT2D eigenvalue weighted by molar-refractivity contribution is 5.81. The monoisotopic (exact) mass is 360 g/mol. The van der Waals surface area contributed by atoms with Crippen LogP contribution in [0.4, 0.5) is 17.2 Å². The van der Waals surface area contributed by atoms with Crippen molar-refractivity contribution in [2.45, 2.75) is 0 Å². The van der Waals surface area contributed by atoms with E-state index in [1.54, 1.807) is 6.33 Å². The van der Waals surface area contributed by atoms with E-state index in [2.05, 4.69) is 20.3 Å². The fourth-order valence-electron chi connectivity index (χ4n) is 3.06. The van der Waals surface area contributed by atoms with E-state index >= 15 is 0 Å². The van der Waals surface area contributed by atoms with Crippen LogP contribution in [0.1, 0.15) is 0 Å². The number of para-hydroxylation sites is 2. The third kappa shape index (κ3) is 2.67. The number of anilines is 3. The average Bonchev–Trinajstić information content (AvgIpc) is 3.13. The number of nitrogens with two attached hydrogens (primary N) is 1. The molecule has 0 spiro atoms. The Morgan fingerprint density at radius 1 is 0.963 bits per heavy atom. The Morgan fingerprint density at radius 3 is 2.74 bits per heavy atom. The lowest BCUT2D eigenvalue weighted by Gasteiger charge is -2.19. The molecule has 0 saturated carbocycles. The van der Waals surface area contributed by atoms with Crippen molar-refractivity contribution in [1.82, 2.24) is 19.5 Å². The Kier molecular flexibility index (Phi) is 3.53. The zero-order valence-electron chi connectivity index (χ0n) is 14.3. The second kappa shape index (κ2) is 6.17. The summed E-state index contributed by atoms with van der Waals surface area (Å²) in [6, 6.07) is 13.4. The highest BCUT2D eigenvalue weighted by Crippen LogP contribution is 2.34. The molecule has 2 aromatic carbocycles. The first-order valence-corrected chi connectivity index (χ1v) is 8.49. The molecule has 1 aliphatic heterocycles. The van der Waals surface area contributed by atoms with Crippen LogP contribution in [0.3, 0.4) is 0 Å². The van der Waals surface area contributed by atoms with Crippen molar-refractivity contribution in [3.8, 4) is 17.3 Å². The molecular formula is C19H16N6O2. The van der Waals surface area contributed by atoms with E-state index in [1.807, 2.05) is 47.0 Å². The molecule has 8 heteroatoms. The Hall–Kier alpha value is -3.81. The summed E-state index contributed by atoms with van der Waals surface area (Å²) < 4.78 is 13.0. The molecule has 3 N–H and O–H groups in total. The van der Waals surface area contributed by atoms with Crippen molar-refractivity contribution in [2.75, 3.05) is 24.3 Å². The summed E-state index contributed by atoms with van der Waals surface area (Å²) in [5, 5.41) is 3.23. The summed E-state index contributed by atoms with van der Waals surface area (Å²) in [5.74, 6) is 2.50. The zero-order chi connectivity index (χ0) is 18.2. The summed E-state index contributed by atoms with van der Waals surface area (Å²) in [7, 11) is 0. The van der Waals surface area contributed by atoms with Gasteiger partial charge in [-0.25, -0.2) is 15.0 Å². The SMILES string of the molecule is Nc1c(Nc2ccc3c(c2)OCCO3)ncnc1-n1cnc2ccccc21. The quantitative estimate of drug-likeness (QED) is 0.579. The second-order valence-electron chi connectivity index (χ2n) is 6.05. The normalized spacial score (nSPS) is 12.9. The number of hydrogen-bond donors (Lipinski definition) is 2. The minimum absolute atomic E-state index is 0.426. The number of aromatic nitrogens is 4. The van der Waals surface area contributed by atoms with Gasteiger partial charge in [0.25, 0.3) is 0 Å². The molecule has 0 aliphatic carbocycles. The molecule has 0 unspecified atom stereocenters. The largest absolute Gasteiger partial charge is 0.486 e. The Labute approximate surface area is 154 Å². The predicted molar refractivity (Wildman–Crippen MR) is 102 cm³/mol. The van der Waals surface area contributed by atoms with Crippen molar-refractivity contribution < 1.29 is 9.47 Å². The first-order chi connectivity index (χ1) is 13.3. The smallest absolute Gasteiger partial charge is 0.167 e. The molecule has 0 fully saturated rings. The number of fused-ring (bicyclic) bond motifs is 2. The second-order valence-corrected chi connectivity index (χ2v) is 6.05. The number of nitrogens with one attached hydrogen (secondary N) is 1. The minimum Gasteiger partial charge on any atom is -0.486 e. The number of benzene rings is 2. The fraction of sp³-hybridized carbons (Fsp3) is 0.105. The van der Waals surface area contributed by atoms with E-state index in [0.717, 1.165) is 22.5 Å². The molecule has 3 heterocycles. The maximum absolute atomic E-state index is 6.36. The van der Waals surface area contributed by atoms with Crippen molar-refractivity contribution in [1.29, 1.82) is 0 Å². The number of ether oxygens (including phenoxy) is 2. The van der Waals surface area contributed by atoms with Gasteiger partial charge in [-0.2, -0.15) is 0 Å². The lowest BCUT2D eigenvalue weighted by atomic mass is 10.2. The van der Waals surface area contributed by atoms with Gasteiger partial charge in [-0.3, -0.25) is 4.57 Å². The van der Waals surface area contributed by atoms with Crippen molar-refractivity contribution in [3.05, 3.63) is 55.1 Å². The average molecular weight is 360 g/mol. The Bertz CT molecular complexity index is 1140. The highest BCUT2D eigenvalue weighted by atomic mass is 16.6. The van der Waals surface area contributed by atoms with Gasteiger partial charge in [0.05, 0.1) is 11.0 Å². The first-order valence-electron chi connectivity index (χ1n) is 8.49. The van der Waals surface area contributed by atoms with E-state index in [0.29, 0.717) is 36.3 Å².